The Hall–Kier alpha value is -2.45. The van der Waals surface area contributed by atoms with E-state index in [0.29, 0.717) is 30.9 Å². The van der Waals surface area contributed by atoms with Crippen LogP contribution in [0.5, 0.6) is 5.75 Å². The molecule has 0 radical (unpaired) electrons. The number of carbonyl (C=O) groups is 2. The smallest absolute Gasteiger partial charge is 0.341 e. The molecule has 0 saturated carbocycles. The second-order valence-corrected chi connectivity index (χ2v) is 7.49. The van der Waals surface area contributed by atoms with E-state index >= 15 is 0 Å². The fraction of sp³-hybridized carbons (Fsp3) is 0.158. The summed E-state index contributed by atoms with van der Waals surface area (Å²) in [6.07, 6.45) is 0. The number of halogens is 2. The van der Waals surface area contributed by atoms with Gasteiger partial charge in [-0.1, -0.05) is 24.3 Å². The molecule has 140 valence electrons. The zero-order chi connectivity index (χ0) is 19.6. The van der Waals surface area contributed by atoms with Crippen molar-refractivity contribution in [2.24, 2.45) is 0 Å². The van der Waals surface area contributed by atoms with Crippen molar-refractivity contribution in [3.8, 4) is 5.75 Å². The highest BCUT2D eigenvalue weighted by atomic mass is 79.9. The van der Waals surface area contributed by atoms with Gasteiger partial charge < -0.3 is 14.8 Å². The maximum Gasteiger partial charge on any atom is 0.341 e. The van der Waals surface area contributed by atoms with Crippen LogP contribution in [0.15, 0.2) is 40.9 Å². The van der Waals surface area contributed by atoms with Gasteiger partial charge in [0.05, 0.1) is 16.3 Å². The molecule has 0 saturated heterocycles. The Bertz CT molecular complexity index is 1030. The molecule has 1 heterocycles. The summed E-state index contributed by atoms with van der Waals surface area (Å²) in [5, 5.41) is 3.61. The van der Waals surface area contributed by atoms with Gasteiger partial charge in [0.15, 0.2) is 5.75 Å². The van der Waals surface area contributed by atoms with Crippen LogP contribution in [0.1, 0.15) is 22.8 Å². The fourth-order valence-corrected chi connectivity index (χ4v) is 4.38. The van der Waals surface area contributed by atoms with Crippen LogP contribution in [-0.4, -0.2) is 19.0 Å². The number of methoxy groups -OCH3 is 1. The fourth-order valence-electron chi connectivity index (χ4n) is 2.56. The highest BCUT2D eigenvalue weighted by Gasteiger charge is 2.24. The number of rotatable bonds is 5. The number of thiophene rings is 1. The van der Waals surface area contributed by atoms with E-state index in [1.165, 1.54) is 31.4 Å². The topological polar surface area (TPSA) is 64.6 Å². The van der Waals surface area contributed by atoms with Crippen LogP contribution in [0.3, 0.4) is 0 Å². The van der Waals surface area contributed by atoms with Crippen molar-refractivity contribution in [1.29, 1.82) is 0 Å². The summed E-state index contributed by atoms with van der Waals surface area (Å²) in [5.41, 5.74) is 0.671. The van der Waals surface area contributed by atoms with E-state index in [4.69, 9.17) is 9.47 Å². The van der Waals surface area contributed by atoms with Gasteiger partial charge >= 0.3 is 5.97 Å². The number of hydrogen-bond donors (Lipinski definition) is 1. The van der Waals surface area contributed by atoms with Crippen LogP contribution in [0.25, 0.3) is 10.1 Å². The van der Waals surface area contributed by atoms with E-state index in [2.05, 4.69) is 21.2 Å². The summed E-state index contributed by atoms with van der Waals surface area (Å²) in [7, 11) is 1.28. The molecule has 0 aliphatic rings. The first-order chi connectivity index (χ1) is 12.9. The van der Waals surface area contributed by atoms with Crippen molar-refractivity contribution < 1.29 is 23.5 Å². The van der Waals surface area contributed by atoms with Gasteiger partial charge in [-0.3, -0.25) is 4.79 Å². The van der Waals surface area contributed by atoms with Gasteiger partial charge in [-0.2, -0.15) is 0 Å². The average molecular weight is 452 g/mol. The van der Waals surface area contributed by atoms with Gasteiger partial charge in [-0.05, 0) is 28.1 Å². The van der Waals surface area contributed by atoms with Crippen LogP contribution in [0.4, 0.5) is 9.39 Å². The van der Waals surface area contributed by atoms with E-state index < -0.39 is 5.97 Å². The Labute approximate surface area is 167 Å². The Morgan fingerprint density at radius 3 is 2.63 bits per heavy atom. The Morgan fingerprint density at radius 1 is 1.22 bits per heavy atom. The number of nitrogens with one attached hydrogen (secondary N) is 1. The predicted octanol–water partition coefficient (Wildman–Crippen LogP) is 5.13. The van der Waals surface area contributed by atoms with Gasteiger partial charge in [0, 0.05) is 17.9 Å². The van der Waals surface area contributed by atoms with Crippen molar-refractivity contribution in [2.45, 2.75) is 13.5 Å². The summed E-state index contributed by atoms with van der Waals surface area (Å²) in [4.78, 5) is 23.8. The van der Waals surface area contributed by atoms with E-state index in [0.717, 1.165) is 0 Å². The number of ether oxygens (including phenoxy) is 2. The molecule has 0 fully saturated rings. The molecule has 0 aliphatic carbocycles. The number of carbonyl (C=O) groups excluding carboxylic acids is 2. The van der Waals surface area contributed by atoms with E-state index in [1.807, 2.05) is 0 Å². The number of anilines is 1. The quantitative estimate of drug-likeness (QED) is 0.546. The first-order valence-electron chi connectivity index (χ1n) is 7.89. The molecule has 5 nitrogen and oxygen atoms in total. The lowest BCUT2D eigenvalue weighted by Gasteiger charge is -2.10. The van der Waals surface area contributed by atoms with Crippen molar-refractivity contribution >= 4 is 54.2 Å². The van der Waals surface area contributed by atoms with Gasteiger partial charge in [-0.15, -0.1) is 11.3 Å². The number of amides is 1. The van der Waals surface area contributed by atoms with Crippen molar-refractivity contribution in [2.75, 3.05) is 12.4 Å². The molecule has 0 atom stereocenters. The summed E-state index contributed by atoms with van der Waals surface area (Å²) in [5.74, 6) is -0.768. The van der Waals surface area contributed by atoms with E-state index in [1.54, 1.807) is 30.3 Å². The monoisotopic (exact) mass is 451 g/mol. The zero-order valence-corrected chi connectivity index (χ0v) is 16.9. The molecule has 0 bridgehead atoms. The van der Waals surface area contributed by atoms with Crippen molar-refractivity contribution in [3.05, 3.63) is 57.8 Å². The third-order valence-corrected chi connectivity index (χ3v) is 5.52. The molecule has 0 aliphatic heterocycles. The largest absolute Gasteiger partial charge is 0.486 e. The average Bonchev–Trinajstić information content (AvgIpc) is 2.98. The third kappa shape index (κ3) is 3.96. The van der Waals surface area contributed by atoms with Crippen LogP contribution in [0.2, 0.25) is 0 Å². The maximum absolute atomic E-state index is 13.9. The second kappa shape index (κ2) is 8.06. The predicted molar refractivity (Wildman–Crippen MR) is 106 cm³/mol. The maximum atomic E-state index is 13.9. The van der Waals surface area contributed by atoms with Crippen LogP contribution >= 0.6 is 27.3 Å². The van der Waals surface area contributed by atoms with Crippen LogP contribution in [0, 0.1) is 5.82 Å². The summed E-state index contributed by atoms with van der Waals surface area (Å²) >= 11 is 4.63. The first-order valence-corrected chi connectivity index (χ1v) is 9.50. The SMILES string of the molecule is COC(=O)c1c(NC(C)=O)sc2c(OCc3ccccc3F)c(Br)ccc12. The molecule has 0 spiro atoms. The van der Waals surface area contributed by atoms with Gasteiger partial charge in [0.25, 0.3) is 0 Å². The standard InChI is InChI=1S/C19H15BrFNO4S/c1-10(23)22-18-15(19(24)25-2)12-7-8-13(20)16(17(12)27-18)26-9-11-5-3-4-6-14(11)21/h3-8H,9H2,1-2H3,(H,22,23). The molecular formula is C19H15BrFNO4S. The van der Waals surface area contributed by atoms with Crippen molar-refractivity contribution in [1.82, 2.24) is 0 Å². The summed E-state index contributed by atoms with van der Waals surface area (Å²) < 4.78 is 25.9. The molecule has 1 N–H and O–H groups in total. The number of hydrogen-bond acceptors (Lipinski definition) is 5. The van der Waals surface area contributed by atoms with E-state index in [-0.39, 0.29) is 23.9 Å². The number of fused-ring (bicyclic) bond motifs is 1. The van der Waals surface area contributed by atoms with E-state index in [9.17, 15) is 14.0 Å². The molecule has 1 aromatic heterocycles. The minimum atomic E-state index is -0.563. The Kier molecular flexibility index (Phi) is 5.76. The number of benzene rings is 2. The Balaban J connectivity index is 2.08. The van der Waals surface area contributed by atoms with Gasteiger partial charge in [-0.25, -0.2) is 9.18 Å². The second-order valence-electron chi connectivity index (χ2n) is 5.61. The number of esters is 1. The van der Waals surface area contributed by atoms with Crippen LogP contribution < -0.4 is 10.1 Å². The molecule has 2 aromatic carbocycles. The van der Waals surface area contributed by atoms with Gasteiger partial charge in [0.2, 0.25) is 5.91 Å². The minimum absolute atomic E-state index is 0.0192. The normalized spacial score (nSPS) is 10.7. The van der Waals surface area contributed by atoms with Crippen molar-refractivity contribution in [3.63, 3.8) is 0 Å². The summed E-state index contributed by atoms with van der Waals surface area (Å²) in [6.45, 7) is 1.38. The molecule has 27 heavy (non-hydrogen) atoms. The molecule has 1 amide bonds. The highest BCUT2D eigenvalue weighted by Crippen LogP contribution is 2.44. The highest BCUT2D eigenvalue weighted by molar-refractivity contribution is 9.10. The minimum Gasteiger partial charge on any atom is -0.486 e. The molecule has 3 aromatic rings. The summed E-state index contributed by atoms with van der Waals surface area (Å²) in [6, 6.07) is 9.81. The Morgan fingerprint density at radius 2 is 1.96 bits per heavy atom. The zero-order valence-electron chi connectivity index (χ0n) is 14.5. The molecule has 0 unspecified atom stereocenters. The molecular weight excluding hydrogens is 437 g/mol. The lowest BCUT2D eigenvalue weighted by atomic mass is 10.1. The first kappa shape index (κ1) is 19.3. The van der Waals surface area contributed by atoms with Crippen LogP contribution in [-0.2, 0) is 16.1 Å². The lowest BCUT2D eigenvalue weighted by Crippen LogP contribution is -2.09. The lowest BCUT2D eigenvalue weighted by molar-refractivity contribution is -0.114. The third-order valence-electron chi connectivity index (χ3n) is 3.77. The van der Waals surface area contributed by atoms with Gasteiger partial charge in [0.1, 0.15) is 23.0 Å². The molecule has 8 heteroatoms. The molecule has 3 rings (SSSR count).